The van der Waals surface area contributed by atoms with Crippen LogP contribution >= 0.6 is 17.6 Å². The molecular weight excluding hydrogens is 737 g/mol. The van der Waals surface area contributed by atoms with Crippen molar-refractivity contribution >= 4 is 33.1 Å². The molecule has 42 heavy (non-hydrogen) atoms. The summed E-state index contributed by atoms with van der Waals surface area (Å²) >= 11 is 0. The molecule has 2 aliphatic rings. The summed E-state index contributed by atoms with van der Waals surface area (Å²) in [5.74, 6) is 1.60. The van der Waals surface area contributed by atoms with Gasteiger partial charge in [-0.1, -0.05) is 109 Å². The Morgan fingerprint density at radius 2 is 0.619 bits per heavy atom. The molecule has 0 saturated heterocycles. The predicted octanol–water partition coefficient (Wildman–Crippen LogP) is 11.8. The van der Waals surface area contributed by atoms with E-state index in [2.05, 4.69) is 110 Å². The fourth-order valence-corrected chi connectivity index (χ4v) is 7.55. The van der Waals surface area contributed by atoms with Crippen molar-refractivity contribution in [1.82, 2.24) is 0 Å². The molecule has 2 nitrogen and oxygen atoms in total. The maximum absolute atomic E-state index is 3.97. The third kappa shape index (κ3) is 34.3. The molecular formula is C34H72N2P2Si2Zr2+2. The van der Waals surface area contributed by atoms with Gasteiger partial charge in [-0.05, 0) is 86.1 Å². The van der Waals surface area contributed by atoms with Gasteiger partial charge in [0, 0.05) is 0 Å². The molecule has 2 saturated carbocycles. The first kappa shape index (κ1) is 57.3. The minimum Gasteiger partial charge on any atom is -0.663 e. The van der Waals surface area contributed by atoms with E-state index in [1.807, 2.05) is 91.9 Å². The second-order valence-corrected chi connectivity index (χ2v) is 31.0. The van der Waals surface area contributed by atoms with Crippen molar-refractivity contribution in [3.05, 3.63) is 74.8 Å². The normalized spacial score (nSPS) is 14.6. The van der Waals surface area contributed by atoms with Crippen LogP contribution in [0.15, 0.2) is 0 Å². The van der Waals surface area contributed by atoms with Gasteiger partial charge in [0.1, 0.15) is 0 Å². The topological polar surface area (TPSA) is 28.2 Å². The third-order valence-corrected chi connectivity index (χ3v) is 20.5. The first-order valence-electron chi connectivity index (χ1n) is 15.4. The summed E-state index contributed by atoms with van der Waals surface area (Å²) in [7, 11) is 4.07. The summed E-state index contributed by atoms with van der Waals surface area (Å²) in [6, 6.07) is 0. The number of rotatable bonds is 8. The van der Waals surface area contributed by atoms with Gasteiger partial charge in [-0.3, -0.25) is 0 Å². The van der Waals surface area contributed by atoms with Crippen molar-refractivity contribution in [2.75, 3.05) is 26.2 Å². The monoisotopic (exact) mass is 806 g/mol. The molecule has 2 atom stereocenters. The average molecular weight is 810 g/mol. The predicted molar refractivity (Wildman–Crippen MR) is 204 cm³/mol. The molecule has 0 heterocycles. The third-order valence-electron chi connectivity index (χ3n) is 8.21. The molecule has 2 unspecified atom stereocenters. The Morgan fingerprint density at radius 3 is 0.643 bits per heavy atom. The Labute approximate surface area is 315 Å². The van der Waals surface area contributed by atoms with E-state index in [4.69, 9.17) is 0 Å². The van der Waals surface area contributed by atoms with Gasteiger partial charge in [-0.15, -0.1) is 17.6 Å². The van der Waals surface area contributed by atoms with Crippen LogP contribution in [0.1, 0.15) is 83.1 Å². The van der Waals surface area contributed by atoms with Crippen LogP contribution in [-0.4, -0.2) is 41.7 Å². The minimum absolute atomic E-state index is 0. The van der Waals surface area contributed by atoms with Gasteiger partial charge >= 0.3 is 52.4 Å². The molecule has 242 valence electrons. The van der Waals surface area contributed by atoms with Gasteiger partial charge in [0.2, 0.25) is 0 Å². The van der Waals surface area contributed by atoms with Crippen LogP contribution in [0.5, 0.6) is 0 Å². The number of hydrogen-bond donors (Lipinski definition) is 0. The molecule has 8 heteroatoms. The van der Waals surface area contributed by atoms with Crippen molar-refractivity contribution in [1.29, 1.82) is 0 Å². The zero-order valence-corrected chi connectivity index (χ0v) is 40.0. The Kier molecular flexibility index (Phi) is 46.2. The Balaban J connectivity index is -0.0000000944. The molecule has 0 aromatic carbocycles. The van der Waals surface area contributed by atoms with E-state index in [1.54, 1.807) is 0 Å². The van der Waals surface area contributed by atoms with Crippen LogP contribution in [0.2, 0.25) is 36.3 Å². The van der Waals surface area contributed by atoms with E-state index in [-0.39, 0.29) is 52.4 Å². The number of hydrogen-bond acceptors (Lipinski definition) is 0. The minimum atomic E-state index is -1.03. The second kappa shape index (κ2) is 33.9. The van der Waals surface area contributed by atoms with Crippen molar-refractivity contribution < 1.29 is 52.4 Å². The molecule has 0 spiro atoms. The van der Waals surface area contributed by atoms with Crippen LogP contribution < -0.4 is 0 Å². The second-order valence-electron chi connectivity index (χ2n) is 12.8. The summed E-state index contributed by atoms with van der Waals surface area (Å²) in [4.78, 5) is 0. The van der Waals surface area contributed by atoms with Gasteiger partial charge in [-0.2, -0.15) is 26.2 Å². The zero-order chi connectivity index (χ0) is 32.5. The summed E-state index contributed by atoms with van der Waals surface area (Å²) in [6.45, 7) is 40.5. The Hall–Kier alpha value is 2.98. The van der Waals surface area contributed by atoms with E-state index in [1.165, 1.54) is 0 Å². The van der Waals surface area contributed by atoms with Gasteiger partial charge in [0.25, 0.3) is 0 Å². The van der Waals surface area contributed by atoms with E-state index in [0.29, 0.717) is 10.1 Å². The van der Waals surface area contributed by atoms with E-state index in [9.17, 15) is 0 Å². The van der Waals surface area contributed by atoms with Crippen molar-refractivity contribution in [3.63, 3.8) is 0 Å². The van der Waals surface area contributed by atoms with E-state index < -0.39 is 15.5 Å². The molecule has 0 N–H and O–H groups in total. The fourth-order valence-electron chi connectivity index (χ4n) is 2.58. The first-order chi connectivity index (χ1) is 18.2. The molecule has 2 rings (SSSR count). The Bertz CT molecular complexity index is 449. The molecule has 0 amide bonds. The van der Waals surface area contributed by atoms with Crippen LogP contribution in [0.3, 0.4) is 0 Å². The van der Waals surface area contributed by atoms with Gasteiger partial charge in [0.15, 0.2) is 0 Å². The Morgan fingerprint density at radius 1 is 0.476 bits per heavy atom. The number of nitrogens with zero attached hydrogens (tertiary/aromatic N) is 2. The van der Waals surface area contributed by atoms with Crippen LogP contribution in [0, 0.1) is 76.0 Å². The maximum atomic E-state index is 3.97. The largest absolute Gasteiger partial charge is 2.00 e. The summed E-state index contributed by atoms with van der Waals surface area (Å²) in [6.07, 6.45) is 20.0. The smallest absolute Gasteiger partial charge is 0.663 e. The van der Waals surface area contributed by atoms with Crippen molar-refractivity contribution in [2.24, 2.45) is 11.8 Å². The fraction of sp³-hybridized carbons (Fsp3) is 0.706. The summed E-state index contributed by atoms with van der Waals surface area (Å²) in [5, 5.41) is 9.02. The van der Waals surface area contributed by atoms with Crippen molar-refractivity contribution in [2.45, 2.75) is 119 Å². The van der Waals surface area contributed by atoms with E-state index in [0.717, 1.165) is 38.0 Å². The van der Waals surface area contributed by atoms with Crippen molar-refractivity contribution in [3.8, 4) is 0 Å². The standard InChI is InChI=1S/2C8H21PSi.2C5H5.2C4H10N.2Zr/c2*1-7(2)8(3,4)10(5,6)9;2*1-2-4-5-3-1;2*1-3-5-4-2;;/h2*7H,9H2,1-6H3;2*1-5H;2*3-4H2,1-2H3;;/q;;;;2*-1;2*+2. The molecule has 10 radical (unpaired) electrons. The van der Waals surface area contributed by atoms with Crippen LogP contribution in [0.25, 0.3) is 10.6 Å². The van der Waals surface area contributed by atoms with Crippen LogP contribution in [-0.2, 0) is 52.4 Å². The molecule has 0 aliphatic heterocycles. The van der Waals surface area contributed by atoms with E-state index >= 15 is 0 Å². The molecule has 2 aliphatic carbocycles. The van der Waals surface area contributed by atoms with Gasteiger partial charge in [-0.25, -0.2) is 0 Å². The molecule has 0 aromatic heterocycles. The SMILES string of the molecule is CC(C)C(C)(C)[Si](C)(C)P.CC(C)C(C)(C)[Si](C)(C)P.CC[N-]CC.CC[N-]CC.[CH]1[CH][CH][CH][CH]1.[CH]1[CH][CH][CH][CH]1.[Zr+2].[Zr+2]. The maximum Gasteiger partial charge on any atom is 2.00 e. The first-order valence-corrected chi connectivity index (χ1v) is 25.0. The molecule has 2 fully saturated rings. The molecule has 0 bridgehead atoms. The quantitative estimate of drug-likeness (QED) is 0.173. The average Bonchev–Trinajstić information content (AvgIpc) is 3.59. The zero-order valence-electron chi connectivity index (χ0n) is 30.8. The van der Waals surface area contributed by atoms with Crippen LogP contribution in [0.4, 0.5) is 0 Å². The summed E-state index contributed by atoms with van der Waals surface area (Å²) in [5.41, 5.74) is 0. The van der Waals surface area contributed by atoms with Gasteiger partial charge in [0.05, 0.1) is 15.5 Å². The molecule has 0 aromatic rings. The summed E-state index contributed by atoms with van der Waals surface area (Å²) < 4.78 is 0. The van der Waals surface area contributed by atoms with Gasteiger partial charge < -0.3 is 10.6 Å².